The molecule has 2 rings (SSSR count). The lowest BCUT2D eigenvalue weighted by molar-refractivity contribution is 0.102. The van der Waals surface area contributed by atoms with E-state index in [1.165, 1.54) is 18.3 Å². The summed E-state index contributed by atoms with van der Waals surface area (Å²) < 4.78 is 15.1. The molecule has 0 aliphatic rings. The Morgan fingerprint density at radius 3 is 2.83 bits per heavy atom. The summed E-state index contributed by atoms with van der Waals surface area (Å²) in [5.41, 5.74) is 0.506. The number of rotatable bonds is 2. The van der Waals surface area contributed by atoms with Crippen molar-refractivity contribution in [2.45, 2.75) is 0 Å². The number of aromatic nitrogens is 1. The lowest BCUT2D eigenvalue weighted by Gasteiger charge is -2.07. The molecule has 1 amide bonds. The summed E-state index contributed by atoms with van der Waals surface area (Å²) in [6, 6.07) is 8.35. The predicted molar refractivity (Wildman–Crippen MR) is 79.0 cm³/mol. The summed E-state index contributed by atoms with van der Waals surface area (Å²) >= 11 is 5.50. The standard InChI is InChI=1S/C12H7BrFIN2O/c13-9-6-7(15)3-4-10(9)17-12(18)8-2-1-5-16-11(8)14/h1-6H,(H,17,18). The Kier molecular flexibility index (Phi) is 4.28. The molecule has 0 unspecified atom stereocenters. The zero-order valence-electron chi connectivity index (χ0n) is 8.95. The van der Waals surface area contributed by atoms with Crippen LogP contribution in [0.3, 0.4) is 0 Å². The first-order valence-electron chi connectivity index (χ1n) is 4.95. The summed E-state index contributed by atoms with van der Waals surface area (Å²) in [7, 11) is 0. The van der Waals surface area contributed by atoms with Gasteiger partial charge in [0.05, 0.1) is 11.3 Å². The first-order valence-corrected chi connectivity index (χ1v) is 6.82. The zero-order chi connectivity index (χ0) is 13.1. The van der Waals surface area contributed by atoms with E-state index in [1.54, 1.807) is 6.07 Å². The summed E-state index contributed by atoms with van der Waals surface area (Å²) in [4.78, 5) is 15.3. The molecular weight excluding hydrogens is 414 g/mol. The van der Waals surface area contributed by atoms with Crippen molar-refractivity contribution in [2.24, 2.45) is 0 Å². The topological polar surface area (TPSA) is 42.0 Å². The van der Waals surface area contributed by atoms with Gasteiger partial charge in [0, 0.05) is 14.2 Å². The highest BCUT2D eigenvalue weighted by atomic mass is 127. The fraction of sp³-hybridized carbons (Fsp3) is 0. The highest BCUT2D eigenvalue weighted by Crippen LogP contribution is 2.25. The van der Waals surface area contributed by atoms with Gasteiger partial charge in [-0.15, -0.1) is 0 Å². The molecule has 1 heterocycles. The van der Waals surface area contributed by atoms with Gasteiger partial charge in [0.2, 0.25) is 5.95 Å². The Balaban J connectivity index is 2.24. The number of amides is 1. The van der Waals surface area contributed by atoms with Gasteiger partial charge in [0.1, 0.15) is 0 Å². The number of carbonyl (C=O) groups excluding carboxylic acids is 1. The van der Waals surface area contributed by atoms with Crippen LogP contribution in [0.1, 0.15) is 10.4 Å². The molecule has 0 atom stereocenters. The fourth-order valence-electron chi connectivity index (χ4n) is 1.34. The van der Waals surface area contributed by atoms with Gasteiger partial charge in [-0.3, -0.25) is 4.79 Å². The molecule has 0 spiro atoms. The second-order valence-corrected chi connectivity index (χ2v) is 5.52. The number of carbonyl (C=O) groups is 1. The molecule has 3 nitrogen and oxygen atoms in total. The summed E-state index contributed by atoms with van der Waals surface area (Å²) in [5, 5.41) is 2.63. The first-order chi connectivity index (χ1) is 8.58. The number of benzene rings is 1. The quantitative estimate of drug-likeness (QED) is 0.592. The van der Waals surface area contributed by atoms with Gasteiger partial charge in [-0.25, -0.2) is 4.98 Å². The third-order valence-electron chi connectivity index (χ3n) is 2.18. The van der Waals surface area contributed by atoms with E-state index in [1.807, 2.05) is 12.1 Å². The van der Waals surface area contributed by atoms with Crippen LogP contribution in [0.25, 0.3) is 0 Å². The van der Waals surface area contributed by atoms with E-state index in [2.05, 4.69) is 48.8 Å². The monoisotopic (exact) mass is 420 g/mol. The van der Waals surface area contributed by atoms with Crippen LogP contribution >= 0.6 is 38.5 Å². The molecule has 0 radical (unpaired) electrons. The van der Waals surface area contributed by atoms with Crippen molar-refractivity contribution >= 4 is 50.1 Å². The second-order valence-electron chi connectivity index (χ2n) is 3.42. The van der Waals surface area contributed by atoms with Gasteiger partial charge in [0.25, 0.3) is 5.91 Å². The van der Waals surface area contributed by atoms with E-state index in [4.69, 9.17) is 0 Å². The average molecular weight is 421 g/mol. The third-order valence-corrected chi connectivity index (χ3v) is 3.51. The fourth-order valence-corrected chi connectivity index (χ4v) is 2.73. The minimum absolute atomic E-state index is 0.0806. The van der Waals surface area contributed by atoms with Gasteiger partial charge >= 0.3 is 0 Å². The van der Waals surface area contributed by atoms with Crippen LogP contribution in [0.5, 0.6) is 0 Å². The summed E-state index contributed by atoms with van der Waals surface area (Å²) in [6.07, 6.45) is 1.30. The van der Waals surface area contributed by atoms with Crippen molar-refractivity contribution in [1.29, 1.82) is 0 Å². The molecule has 1 aromatic heterocycles. The minimum Gasteiger partial charge on any atom is -0.321 e. The second kappa shape index (κ2) is 5.75. The maximum Gasteiger partial charge on any atom is 0.260 e. The molecule has 0 saturated carbocycles. The number of pyridine rings is 1. The normalized spacial score (nSPS) is 10.2. The van der Waals surface area contributed by atoms with E-state index >= 15 is 0 Å². The van der Waals surface area contributed by atoms with Gasteiger partial charge in [0.15, 0.2) is 0 Å². The molecular formula is C12H7BrFIN2O. The van der Waals surface area contributed by atoms with E-state index < -0.39 is 11.9 Å². The lowest BCUT2D eigenvalue weighted by Crippen LogP contribution is -2.14. The highest BCUT2D eigenvalue weighted by molar-refractivity contribution is 14.1. The molecule has 6 heteroatoms. The number of hydrogen-bond acceptors (Lipinski definition) is 2. The minimum atomic E-state index is -0.781. The molecule has 2 aromatic rings. The molecule has 0 aliphatic carbocycles. The maximum atomic E-state index is 13.3. The van der Waals surface area contributed by atoms with Gasteiger partial charge < -0.3 is 5.32 Å². The molecule has 0 fully saturated rings. The van der Waals surface area contributed by atoms with Crippen LogP contribution in [-0.4, -0.2) is 10.9 Å². The number of nitrogens with one attached hydrogen (secondary N) is 1. The highest BCUT2D eigenvalue weighted by Gasteiger charge is 2.13. The molecule has 0 bridgehead atoms. The Hall–Kier alpha value is -1.02. The largest absolute Gasteiger partial charge is 0.321 e. The van der Waals surface area contributed by atoms with Crippen LogP contribution in [0.2, 0.25) is 0 Å². The van der Waals surface area contributed by atoms with Gasteiger partial charge in [-0.05, 0) is 68.9 Å². The molecule has 18 heavy (non-hydrogen) atoms. The molecule has 92 valence electrons. The van der Waals surface area contributed by atoms with Crippen molar-refractivity contribution in [3.8, 4) is 0 Å². The lowest BCUT2D eigenvalue weighted by atomic mass is 10.2. The van der Waals surface area contributed by atoms with Crippen molar-refractivity contribution in [3.63, 3.8) is 0 Å². The SMILES string of the molecule is O=C(Nc1ccc(I)cc1Br)c1cccnc1F. The Bertz CT molecular complexity index is 606. The van der Waals surface area contributed by atoms with E-state index in [9.17, 15) is 9.18 Å². The molecule has 1 aromatic carbocycles. The number of anilines is 1. The number of hydrogen-bond donors (Lipinski definition) is 1. The van der Waals surface area contributed by atoms with Crippen LogP contribution < -0.4 is 5.32 Å². The Morgan fingerprint density at radius 1 is 1.39 bits per heavy atom. The molecule has 0 aliphatic heterocycles. The number of nitrogens with zero attached hydrogens (tertiary/aromatic N) is 1. The molecule has 0 saturated heterocycles. The molecule has 1 N–H and O–H groups in total. The summed E-state index contributed by atoms with van der Waals surface area (Å²) in [6.45, 7) is 0. The van der Waals surface area contributed by atoms with Crippen molar-refractivity contribution in [3.05, 3.63) is 56.1 Å². The van der Waals surface area contributed by atoms with Crippen molar-refractivity contribution in [1.82, 2.24) is 4.98 Å². The van der Waals surface area contributed by atoms with E-state index in [0.29, 0.717) is 5.69 Å². The Morgan fingerprint density at radius 2 is 2.17 bits per heavy atom. The van der Waals surface area contributed by atoms with Crippen LogP contribution in [0.4, 0.5) is 10.1 Å². The third kappa shape index (κ3) is 3.05. The van der Waals surface area contributed by atoms with Gasteiger partial charge in [-0.2, -0.15) is 4.39 Å². The van der Waals surface area contributed by atoms with Gasteiger partial charge in [-0.1, -0.05) is 0 Å². The average Bonchev–Trinajstić information content (AvgIpc) is 2.33. The number of halogens is 3. The predicted octanol–water partition coefficient (Wildman–Crippen LogP) is 3.84. The zero-order valence-corrected chi connectivity index (χ0v) is 12.7. The van der Waals surface area contributed by atoms with Crippen LogP contribution in [0, 0.1) is 9.52 Å². The van der Waals surface area contributed by atoms with E-state index in [0.717, 1.165) is 8.04 Å². The van der Waals surface area contributed by atoms with E-state index in [-0.39, 0.29) is 5.56 Å². The van der Waals surface area contributed by atoms with Crippen molar-refractivity contribution in [2.75, 3.05) is 5.32 Å². The Labute approximate surface area is 125 Å². The smallest absolute Gasteiger partial charge is 0.260 e. The van der Waals surface area contributed by atoms with Crippen LogP contribution in [-0.2, 0) is 0 Å². The first kappa shape index (κ1) is 13.4. The summed E-state index contributed by atoms with van der Waals surface area (Å²) in [5.74, 6) is -1.31. The van der Waals surface area contributed by atoms with Crippen molar-refractivity contribution < 1.29 is 9.18 Å². The van der Waals surface area contributed by atoms with Crippen LogP contribution in [0.15, 0.2) is 41.0 Å². The maximum absolute atomic E-state index is 13.3.